The average molecular weight is 337 g/mol. The molecule has 0 saturated carbocycles. The summed E-state index contributed by atoms with van der Waals surface area (Å²) in [5, 5.41) is 4.10. The van der Waals surface area contributed by atoms with E-state index >= 15 is 0 Å². The number of likely N-dealkylation sites (tertiary alicyclic amines) is 1. The molecule has 3 aromatic rings. The molecule has 1 fully saturated rings. The van der Waals surface area contributed by atoms with Crippen molar-refractivity contribution in [1.82, 2.24) is 14.8 Å². The molecule has 4 rings (SSSR count). The van der Waals surface area contributed by atoms with Crippen LogP contribution in [0.25, 0.3) is 10.9 Å². The van der Waals surface area contributed by atoms with Gasteiger partial charge in [0.25, 0.3) is 5.91 Å². The van der Waals surface area contributed by atoms with Gasteiger partial charge in [-0.1, -0.05) is 18.2 Å². The lowest BCUT2D eigenvalue weighted by molar-refractivity contribution is 0.0935. The van der Waals surface area contributed by atoms with Crippen molar-refractivity contribution in [2.24, 2.45) is 7.05 Å². The van der Waals surface area contributed by atoms with E-state index in [-0.39, 0.29) is 11.9 Å². The number of amides is 1. The Morgan fingerprint density at radius 3 is 2.76 bits per heavy atom. The number of nitrogens with zero attached hydrogens (tertiary/aromatic N) is 2. The molecule has 25 heavy (non-hydrogen) atoms. The smallest absolute Gasteiger partial charge is 0.253 e. The Hall–Kier alpha value is -2.53. The number of hydrogen-bond acceptors (Lipinski definition) is 3. The van der Waals surface area contributed by atoms with Crippen LogP contribution in [0.1, 0.15) is 35.0 Å². The van der Waals surface area contributed by atoms with E-state index in [1.54, 1.807) is 6.26 Å². The van der Waals surface area contributed by atoms with E-state index in [0.717, 1.165) is 35.3 Å². The Kier molecular flexibility index (Phi) is 4.32. The van der Waals surface area contributed by atoms with Crippen LogP contribution < -0.4 is 5.32 Å². The van der Waals surface area contributed by atoms with Crippen LogP contribution in [0.2, 0.25) is 0 Å². The maximum Gasteiger partial charge on any atom is 0.253 e. The minimum atomic E-state index is -0.0347. The number of nitrogens with one attached hydrogen (secondary N) is 1. The maximum atomic E-state index is 12.8. The first-order valence-corrected chi connectivity index (χ1v) is 8.84. The second-order valence-corrected chi connectivity index (χ2v) is 6.66. The van der Waals surface area contributed by atoms with Gasteiger partial charge in [-0.2, -0.15) is 0 Å². The lowest BCUT2D eigenvalue weighted by atomic mass is 10.1. The summed E-state index contributed by atoms with van der Waals surface area (Å²) in [6.45, 7) is 2.65. The van der Waals surface area contributed by atoms with Gasteiger partial charge in [0.05, 0.1) is 17.9 Å². The normalized spacial score (nSPS) is 16.4. The molecule has 0 unspecified atom stereocenters. The first-order chi connectivity index (χ1) is 12.2. The van der Waals surface area contributed by atoms with Gasteiger partial charge >= 0.3 is 0 Å². The highest BCUT2D eigenvalue weighted by atomic mass is 16.3. The van der Waals surface area contributed by atoms with Crippen LogP contribution in [0.15, 0.2) is 53.3 Å². The number of carbonyl (C=O) groups excluding carboxylic acids is 1. The van der Waals surface area contributed by atoms with Crippen LogP contribution in [0, 0.1) is 0 Å². The van der Waals surface area contributed by atoms with Crippen molar-refractivity contribution in [3.63, 3.8) is 0 Å². The quantitative estimate of drug-likeness (QED) is 0.777. The number of furan rings is 1. The fourth-order valence-electron chi connectivity index (χ4n) is 3.75. The third-order valence-corrected chi connectivity index (χ3v) is 5.05. The fourth-order valence-corrected chi connectivity index (χ4v) is 3.75. The first kappa shape index (κ1) is 16.0. The third kappa shape index (κ3) is 3.07. The van der Waals surface area contributed by atoms with Gasteiger partial charge < -0.3 is 14.3 Å². The van der Waals surface area contributed by atoms with Crippen molar-refractivity contribution in [2.45, 2.75) is 18.9 Å². The van der Waals surface area contributed by atoms with Gasteiger partial charge in [-0.3, -0.25) is 9.69 Å². The fraction of sp³-hybridized carbons (Fsp3) is 0.350. The molecule has 2 aromatic heterocycles. The zero-order valence-electron chi connectivity index (χ0n) is 14.4. The topological polar surface area (TPSA) is 50.4 Å². The predicted molar refractivity (Wildman–Crippen MR) is 97.5 cm³/mol. The number of para-hydroxylation sites is 1. The Bertz CT molecular complexity index is 860. The van der Waals surface area contributed by atoms with Gasteiger partial charge in [-0.15, -0.1) is 0 Å². The Morgan fingerprint density at radius 1 is 1.20 bits per heavy atom. The minimum absolute atomic E-state index is 0.0347. The molecule has 1 amide bonds. The van der Waals surface area contributed by atoms with Gasteiger partial charge in [0.2, 0.25) is 0 Å². The van der Waals surface area contributed by atoms with Crippen molar-refractivity contribution in [3.05, 3.63) is 60.2 Å². The maximum absolute atomic E-state index is 12.8. The van der Waals surface area contributed by atoms with Crippen molar-refractivity contribution in [1.29, 1.82) is 0 Å². The van der Waals surface area contributed by atoms with Gasteiger partial charge in [0.1, 0.15) is 5.76 Å². The molecule has 1 aliphatic heterocycles. The van der Waals surface area contributed by atoms with Crippen LogP contribution in [-0.2, 0) is 7.05 Å². The predicted octanol–water partition coefficient (Wildman–Crippen LogP) is 3.34. The standard InChI is InChI=1S/C20H23N3O2/c1-22-14-16(15-7-2-3-8-17(15)22)20(24)21-13-18(19-9-6-12-25-19)23-10-4-5-11-23/h2-3,6-9,12,14,18H,4-5,10-11,13H2,1H3,(H,21,24)/t18-/m0/s1. The molecule has 1 aromatic carbocycles. The summed E-state index contributed by atoms with van der Waals surface area (Å²) in [5.74, 6) is 0.882. The largest absolute Gasteiger partial charge is 0.468 e. The van der Waals surface area contributed by atoms with Crippen LogP contribution in [0.3, 0.4) is 0 Å². The highest BCUT2D eigenvalue weighted by molar-refractivity contribution is 6.06. The molecule has 5 heteroatoms. The van der Waals surface area contributed by atoms with Crippen LogP contribution in [-0.4, -0.2) is 35.0 Å². The molecule has 0 bridgehead atoms. The Labute approximate surface area is 147 Å². The van der Waals surface area contributed by atoms with Gasteiger partial charge in [0.15, 0.2) is 0 Å². The molecule has 0 radical (unpaired) electrons. The monoisotopic (exact) mass is 337 g/mol. The van der Waals surface area contributed by atoms with Gasteiger partial charge in [0, 0.05) is 30.7 Å². The second kappa shape index (κ2) is 6.76. The summed E-state index contributed by atoms with van der Waals surface area (Å²) in [5.41, 5.74) is 1.78. The minimum Gasteiger partial charge on any atom is -0.468 e. The van der Waals surface area contributed by atoms with Crippen molar-refractivity contribution in [3.8, 4) is 0 Å². The number of aryl methyl sites for hydroxylation is 1. The number of aromatic nitrogens is 1. The van der Waals surface area contributed by atoms with E-state index in [2.05, 4.69) is 10.2 Å². The summed E-state index contributed by atoms with van der Waals surface area (Å²) in [4.78, 5) is 15.2. The Morgan fingerprint density at radius 2 is 2.00 bits per heavy atom. The SMILES string of the molecule is Cn1cc(C(=O)NC[C@@H](c2ccco2)N2CCCC2)c2ccccc21. The first-order valence-electron chi connectivity index (χ1n) is 8.84. The summed E-state index contributed by atoms with van der Waals surface area (Å²) >= 11 is 0. The number of hydrogen-bond donors (Lipinski definition) is 1. The second-order valence-electron chi connectivity index (χ2n) is 6.66. The highest BCUT2D eigenvalue weighted by Gasteiger charge is 2.26. The number of carbonyl (C=O) groups is 1. The van der Waals surface area contributed by atoms with E-state index in [0.29, 0.717) is 6.54 Å². The molecule has 1 aliphatic rings. The molecule has 1 saturated heterocycles. The third-order valence-electron chi connectivity index (χ3n) is 5.05. The zero-order valence-corrected chi connectivity index (χ0v) is 14.4. The van der Waals surface area contributed by atoms with E-state index in [4.69, 9.17) is 4.42 Å². The molecule has 1 N–H and O–H groups in total. The molecule has 130 valence electrons. The number of benzene rings is 1. The van der Waals surface area contributed by atoms with Crippen LogP contribution >= 0.6 is 0 Å². The molecular formula is C20H23N3O2. The molecule has 3 heterocycles. The van der Waals surface area contributed by atoms with Crippen LogP contribution in [0.4, 0.5) is 0 Å². The van der Waals surface area contributed by atoms with Gasteiger partial charge in [-0.25, -0.2) is 0 Å². The number of rotatable bonds is 5. The summed E-state index contributed by atoms with van der Waals surface area (Å²) in [7, 11) is 1.97. The molecule has 0 aliphatic carbocycles. The lowest BCUT2D eigenvalue weighted by Gasteiger charge is -2.25. The summed E-state index contributed by atoms with van der Waals surface area (Å²) in [6.07, 6.45) is 6.01. The molecule has 1 atom stereocenters. The summed E-state index contributed by atoms with van der Waals surface area (Å²) in [6, 6.07) is 12.0. The molecule has 0 spiro atoms. The van der Waals surface area contributed by atoms with E-state index in [1.165, 1.54) is 12.8 Å². The highest BCUT2D eigenvalue weighted by Crippen LogP contribution is 2.25. The Balaban J connectivity index is 1.53. The van der Waals surface area contributed by atoms with Crippen molar-refractivity contribution >= 4 is 16.8 Å². The van der Waals surface area contributed by atoms with E-state index in [9.17, 15) is 4.79 Å². The summed E-state index contributed by atoms with van der Waals surface area (Å²) < 4.78 is 7.62. The average Bonchev–Trinajstić information content (AvgIpc) is 3.37. The molecular weight excluding hydrogens is 314 g/mol. The lowest BCUT2D eigenvalue weighted by Crippen LogP contribution is -2.36. The van der Waals surface area contributed by atoms with E-state index in [1.807, 2.05) is 54.2 Å². The zero-order chi connectivity index (χ0) is 17.2. The van der Waals surface area contributed by atoms with E-state index < -0.39 is 0 Å². The molecule has 5 nitrogen and oxygen atoms in total. The van der Waals surface area contributed by atoms with Gasteiger partial charge in [-0.05, 0) is 44.1 Å². The number of fused-ring (bicyclic) bond motifs is 1. The van der Waals surface area contributed by atoms with Crippen LogP contribution in [0.5, 0.6) is 0 Å². The van der Waals surface area contributed by atoms with Crippen molar-refractivity contribution < 1.29 is 9.21 Å². The van der Waals surface area contributed by atoms with Crippen molar-refractivity contribution in [2.75, 3.05) is 19.6 Å².